The quantitative estimate of drug-likeness (QED) is 0.812. The minimum absolute atomic E-state index is 0.0241. The molecule has 1 fully saturated rings. The molecule has 1 aromatic heterocycles. The molecule has 0 saturated carbocycles. The molecular weight excluding hydrogens is 312 g/mol. The maximum absolute atomic E-state index is 12.0. The van der Waals surface area contributed by atoms with Crippen LogP contribution in [0.5, 0.6) is 0 Å². The molecule has 106 valence electrons. The topological polar surface area (TPSA) is 93.2 Å². The Bertz CT molecular complexity index is 673. The average Bonchev–Trinajstić information content (AvgIpc) is 2.67. The fourth-order valence-electron chi connectivity index (χ4n) is 1.91. The lowest BCUT2D eigenvalue weighted by Crippen LogP contribution is -2.30. The Balaban J connectivity index is 2.05. The Kier molecular flexibility index (Phi) is 4.14. The zero-order valence-corrected chi connectivity index (χ0v) is 12.3. The van der Waals surface area contributed by atoms with Crippen LogP contribution in [0.4, 0.5) is 0 Å². The van der Waals surface area contributed by atoms with Crippen molar-refractivity contribution >= 4 is 31.5 Å². The molecule has 2 heterocycles. The van der Waals surface area contributed by atoms with E-state index in [0.717, 1.165) is 0 Å². The molecule has 0 radical (unpaired) electrons. The first-order valence-corrected chi connectivity index (χ1v) is 9.29. The number of nitrogens with one attached hydrogen (secondary N) is 1. The van der Waals surface area contributed by atoms with Crippen LogP contribution in [0.2, 0.25) is 5.15 Å². The maximum Gasteiger partial charge on any atom is 0.243 e. The fourth-order valence-corrected chi connectivity index (χ4v) is 5.34. The molecule has 1 N–H and O–H groups in total. The number of rotatable bonds is 4. The lowest BCUT2D eigenvalue weighted by molar-refractivity contribution is 0.543. The summed E-state index contributed by atoms with van der Waals surface area (Å²) in [5, 5.41) is -0.103. The van der Waals surface area contributed by atoms with Gasteiger partial charge < -0.3 is 0 Å². The van der Waals surface area contributed by atoms with Crippen LogP contribution < -0.4 is 4.72 Å². The lowest BCUT2D eigenvalue weighted by Gasteiger charge is -2.10. The first-order chi connectivity index (χ1) is 8.80. The average molecular weight is 325 g/mol. The van der Waals surface area contributed by atoms with Gasteiger partial charge in [-0.05, 0) is 24.5 Å². The van der Waals surface area contributed by atoms with E-state index in [1.165, 1.54) is 18.3 Å². The van der Waals surface area contributed by atoms with E-state index in [0.29, 0.717) is 6.42 Å². The van der Waals surface area contributed by atoms with E-state index in [4.69, 9.17) is 11.6 Å². The highest BCUT2D eigenvalue weighted by atomic mass is 35.5. The molecule has 0 bridgehead atoms. The van der Waals surface area contributed by atoms with Crippen molar-refractivity contribution in [3.05, 3.63) is 23.5 Å². The maximum atomic E-state index is 12.0. The van der Waals surface area contributed by atoms with E-state index in [1.807, 2.05) is 0 Å². The van der Waals surface area contributed by atoms with E-state index in [-0.39, 0.29) is 34.0 Å². The van der Waals surface area contributed by atoms with Crippen LogP contribution in [0.1, 0.15) is 6.42 Å². The summed E-state index contributed by atoms with van der Waals surface area (Å²) in [6.07, 6.45) is 1.87. The number of sulfone groups is 1. The summed E-state index contributed by atoms with van der Waals surface area (Å²) < 4.78 is 48.9. The van der Waals surface area contributed by atoms with Gasteiger partial charge in [0.25, 0.3) is 0 Å². The molecule has 1 aliphatic rings. The number of sulfonamides is 1. The van der Waals surface area contributed by atoms with Crippen LogP contribution >= 0.6 is 11.6 Å². The SMILES string of the molecule is O=S1(=O)CCC(CNS(=O)(=O)c2cccnc2Cl)C1. The van der Waals surface area contributed by atoms with Gasteiger partial charge in [-0.15, -0.1) is 0 Å². The number of pyridine rings is 1. The van der Waals surface area contributed by atoms with Gasteiger partial charge in [0.2, 0.25) is 10.0 Å². The molecule has 19 heavy (non-hydrogen) atoms. The third-order valence-electron chi connectivity index (χ3n) is 2.90. The van der Waals surface area contributed by atoms with Gasteiger partial charge in [0.15, 0.2) is 9.84 Å². The smallest absolute Gasteiger partial charge is 0.243 e. The van der Waals surface area contributed by atoms with E-state index < -0.39 is 19.9 Å². The first kappa shape index (κ1) is 14.7. The van der Waals surface area contributed by atoms with Gasteiger partial charge in [0.05, 0.1) is 11.5 Å². The molecule has 1 aliphatic heterocycles. The predicted octanol–water partition coefficient (Wildman–Crippen LogP) is 0.448. The van der Waals surface area contributed by atoms with Crippen LogP contribution in [-0.4, -0.2) is 39.9 Å². The lowest BCUT2D eigenvalue weighted by atomic mass is 10.1. The molecule has 0 spiro atoms. The highest BCUT2D eigenvalue weighted by Crippen LogP contribution is 2.20. The van der Waals surface area contributed by atoms with Crippen molar-refractivity contribution in [3.63, 3.8) is 0 Å². The molecule has 0 aliphatic carbocycles. The fraction of sp³-hybridized carbons (Fsp3) is 0.500. The summed E-state index contributed by atoms with van der Waals surface area (Å²) in [4.78, 5) is 3.60. The number of hydrogen-bond donors (Lipinski definition) is 1. The van der Waals surface area contributed by atoms with Crippen molar-refractivity contribution in [2.24, 2.45) is 5.92 Å². The Hall–Kier alpha value is -0.700. The van der Waals surface area contributed by atoms with Crippen LogP contribution in [0.3, 0.4) is 0 Å². The van der Waals surface area contributed by atoms with Crippen LogP contribution in [0, 0.1) is 5.92 Å². The largest absolute Gasteiger partial charge is 0.243 e. The minimum Gasteiger partial charge on any atom is -0.243 e. The molecule has 1 saturated heterocycles. The van der Waals surface area contributed by atoms with Crippen molar-refractivity contribution in [2.75, 3.05) is 18.1 Å². The second-order valence-corrected chi connectivity index (χ2v) is 8.74. The molecule has 9 heteroatoms. The normalized spacial score (nSPS) is 22.5. The standard InChI is InChI=1S/C10H13ClN2O4S2/c11-10-9(2-1-4-12-10)19(16,17)13-6-8-3-5-18(14,15)7-8/h1-2,4,8,13H,3,5-7H2. The monoisotopic (exact) mass is 324 g/mol. The van der Waals surface area contributed by atoms with Crippen molar-refractivity contribution < 1.29 is 16.8 Å². The molecule has 0 amide bonds. The first-order valence-electron chi connectivity index (χ1n) is 5.61. The van der Waals surface area contributed by atoms with E-state index in [1.54, 1.807) is 0 Å². The number of aromatic nitrogens is 1. The van der Waals surface area contributed by atoms with Crippen molar-refractivity contribution in [1.82, 2.24) is 9.71 Å². The van der Waals surface area contributed by atoms with Crippen LogP contribution in [-0.2, 0) is 19.9 Å². The third-order valence-corrected chi connectivity index (χ3v) is 6.61. The second-order valence-electron chi connectivity index (χ2n) is 4.41. The van der Waals surface area contributed by atoms with Crippen molar-refractivity contribution in [1.29, 1.82) is 0 Å². The van der Waals surface area contributed by atoms with E-state index >= 15 is 0 Å². The van der Waals surface area contributed by atoms with E-state index in [9.17, 15) is 16.8 Å². The highest BCUT2D eigenvalue weighted by molar-refractivity contribution is 7.91. The molecule has 6 nitrogen and oxygen atoms in total. The summed E-state index contributed by atoms with van der Waals surface area (Å²) in [6, 6.07) is 2.82. The highest BCUT2D eigenvalue weighted by Gasteiger charge is 2.29. The van der Waals surface area contributed by atoms with Crippen LogP contribution in [0.25, 0.3) is 0 Å². The van der Waals surface area contributed by atoms with Crippen molar-refractivity contribution in [2.45, 2.75) is 11.3 Å². The van der Waals surface area contributed by atoms with Crippen molar-refractivity contribution in [3.8, 4) is 0 Å². The van der Waals surface area contributed by atoms with Gasteiger partial charge in [-0.25, -0.2) is 26.5 Å². The van der Waals surface area contributed by atoms with Gasteiger partial charge in [0, 0.05) is 12.7 Å². The number of hydrogen-bond acceptors (Lipinski definition) is 5. The zero-order valence-electron chi connectivity index (χ0n) is 9.91. The number of nitrogens with zero attached hydrogens (tertiary/aromatic N) is 1. The summed E-state index contributed by atoms with van der Waals surface area (Å²) in [5.41, 5.74) is 0. The molecule has 1 unspecified atom stereocenters. The van der Waals surface area contributed by atoms with Crippen LogP contribution in [0.15, 0.2) is 23.2 Å². The second kappa shape index (κ2) is 5.35. The van der Waals surface area contributed by atoms with E-state index in [2.05, 4.69) is 9.71 Å². The van der Waals surface area contributed by atoms with Gasteiger partial charge >= 0.3 is 0 Å². The Morgan fingerprint density at radius 2 is 2.21 bits per heavy atom. The van der Waals surface area contributed by atoms with Gasteiger partial charge in [-0.2, -0.15) is 0 Å². The zero-order chi connectivity index (χ0) is 14.1. The Morgan fingerprint density at radius 1 is 1.47 bits per heavy atom. The molecule has 0 aromatic carbocycles. The summed E-state index contributed by atoms with van der Waals surface area (Å²) >= 11 is 5.72. The van der Waals surface area contributed by atoms with Gasteiger partial charge in [0.1, 0.15) is 10.0 Å². The molecule has 1 aromatic rings. The third kappa shape index (κ3) is 3.65. The molecule has 2 rings (SSSR count). The van der Waals surface area contributed by atoms with Gasteiger partial charge in [-0.1, -0.05) is 11.6 Å². The molecular formula is C10H13ClN2O4S2. The predicted molar refractivity (Wildman–Crippen MR) is 71.2 cm³/mol. The Labute approximate surface area is 117 Å². The minimum atomic E-state index is -3.75. The molecule has 1 atom stereocenters. The van der Waals surface area contributed by atoms with Gasteiger partial charge in [-0.3, -0.25) is 0 Å². The summed E-state index contributed by atoms with van der Waals surface area (Å²) in [5.74, 6) is -0.0428. The summed E-state index contributed by atoms with van der Waals surface area (Å²) in [6.45, 7) is 0.0901. The summed E-state index contributed by atoms with van der Waals surface area (Å²) in [7, 11) is -6.76. The number of halogens is 1. The Morgan fingerprint density at radius 3 is 2.79 bits per heavy atom.